The molecule has 1 aromatic rings. The van der Waals surface area contributed by atoms with Crippen molar-refractivity contribution in [2.45, 2.75) is 19.3 Å². The summed E-state index contributed by atoms with van der Waals surface area (Å²) in [7, 11) is 0. The predicted octanol–water partition coefficient (Wildman–Crippen LogP) is 1.12. The van der Waals surface area contributed by atoms with Crippen molar-refractivity contribution in [1.82, 2.24) is 9.88 Å². The van der Waals surface area contributed by atoms with Crippen molar-refractivity contribution in [3.05, 3.63) is 30.1 Å². The van der Waals surface area contributed by atoms with E-state index < -0.39 is 11.9 Å². The summed E-state index contributed by atoms with van der Waals surface area (Å²) < 4.78 is 0. The number of rotatable bonds is 3. The summed E-state index contributed by atoms with van der Waals surface area (Å²) in [4.78, 5) is 28.7. The first-order valence-electron chi connectivity index (χ1n) is 6.01. The topological polar surface area (TPSA) is 70.5 Å². The molecule has 1 fully saturated rings. The summed E-state index contributed by atoms with van der Waals surface area (Å²) in [6.07, 6.45) is 3.88. The molecule has 0 aromatic carbocycles. The highest BCUT2D eigenvalue weighted by molar-refractivity contribution is 5.84. The van der Waals surface area contributed by atoms with Crippen LogP contribution in [0.25, 0.3) is 0 Å². The molecule has 0 aliphatic carbocycles. The fraction of sp³-hybridized carbons (Fsp3) is 0.462. The molecule has 1 aliphatic heterocycles. The zero-order valence-corrected chi connectivity index (χ0v) is 10.2. The maximum Gasteiger partial charge on any atom is 0.308 e. The zero-order chi connectivity index (χ0) is 13.1. The molecule has 96 valence electrons. The van der Waals surface area contributed by atoms with Crippen LogP contribution in [0.15, 0.2) is 24.5 Å². The Morgan fingerprint density at radius 1 is 1.56 bits per heavy atom. The Kier molecular flexibility index (Phi) is 3.60. The van der Waals surface area contributed by atoms with Crippen LogP contribution in [0.4, 0.5) is 0 Å². The maximum absolute atomic E-state index is 12.2. The minimum atomic E-state index is -0.820. The van der Waals surface area contributed by atoms with Crippen molar-refractivity contribution in [1.29, 1.82) is 0 Å². The van der Waals surface area contributed by atoms with Gasteiger partial charge in [0.1, 0.15) is 0 Å². The van der Waals surface area contributed by atoms with Gasteiger partial charge in [-0.05, 0) is 25.0 Å². The fourth-order valence-electron chi connectivity index (χ4n) is 2.21. The van der Waals surface area contributed by atoms with E-state index in [1.165, 1.54) is 0 Å². The van der Waals surface area contributed by atoms with Gasteiger partial charge in [0.25, 0.3) is 0 Å². The molecule has 2 rings (SSSR count). The Morgan fingerprint density at radius 3 is 2.89 bits per heavy atom. The third-order valence-electron chi connectivity index (χ3n) is 3.40. The number of hydrogen-bond donors (Lipinski definition) is 1. The Morgan fingerprint density at radius 2 is 2.33 bits per heavy atom. The lowest BCUT2D eigenvalue weighted by atomic mass is 10.0. The lowest BCUT2D eigenvalue weighted by molar-refractivity contribution is -0.141. The van der Waals surface area contributed by atoms with Gasteiger partial charge >= 0.3 is 5.97 Å². The van der Waals surface area contributed by atoms with Crippen LogP contribution in [0.2, 0.25) is 0 Å². The maximum atomic E-state index is 12.2. The quantitative estimate of drug-likeness (QED) is 0.870. The van der Waals surface area contributed by atoms with E-state index in [0.29, 0.717) is 19.5 Å². The second kappa shape index (κ2) is 5.16. The monoisotopic (exact) mass is 248 g/mol. The van der Waals surface area contributed by atoms with Crippen LogP contribution in [0.1, 0.15) is 24.8 Å². The number of pyridine rings is 1. The number of carbonyl (C=O) groups excluding carboxylic acids is 1. The van der Waals surface area contributed by atoms with Gasteiger partial charge in [-0.25, -0.2) is 0 Å². The number of nitrogens with zero attached hydrogens (tertiary/aromatic N) is 2. The van der Waals surface area contributed by atoms with Gasteiger partial charge in [-0.2, -0.15) is 0 Å². The van der Waals surface area contributed by atoms with Crippen LogP contribution >= 0.6 is 0 Å². The molecule has 5 nitrogen and oxygen atoms in total. The Balaban J connectivity index is 2.02. The van der Waals surface area contributed by atoms with E-state index in [9.17, 15) is 9.59 Å². The van der Waals surface area contributed by atoms with E-state index in [4.69, 9.17) is 5.11 Å². The van der Waals surface area contributed by atoms with Crippen LogP contribution in [0.3, 0.4) is 0 Å². The SMILES string of the molecule is C[C@@H](C(=O)N1CC[C@@H](C(=O)O)C1)c1cccnc1. The summed E-state index contributed by atoms with van der Waals surface area (Å²) in [6.45, 7) is 2.67. The van der Waals surface area contributed by atoms with Gasteiger partial charge in [-0.3, -0.25) is 14.6 Å². The van der Waals surface area contributed by atoms with Gasteiger partial charge in [0.2, 0.25) is 5.91 Å². The van der Waals surface area contributed by atoms with Crippen LogP contribution in [0.5, 0.6) is 0 Å². The average Bonchev–Trinajstić information content (AvgIpc) is 2.88. The first kappa shape index (κ1) is 12.5. The normalized spacial score (nSPS) is 20.7. The Hall–Kier alpha value is -1.91. The van der Waals surface area contributed by atoms with E-state index in [2.05, 4.69) is 4.98 Å². The van der Waals surface area contributed by atoms with Crippen LogP contribution < -0.4 is 0 Å². The number of carbonyl (C=O) groups is 2. The first-order valence-corrected chi connectivity index (χ1v) is 6.01. The zero-order valence-electron chi connectivity index (χ0n) is 10.2. The molecule has 2 heterocycles. The predicted molar refractivity (Wildman–Crippen MR) is 65.0 cm³/mol. The van der Waals surface area contributed by atoms with E-state index >= 15 is 0 Å². The highest BCUT2D eigenvalue weighted by Crippen LogP contribution is 2.22. The van der Waals surface area contributed by atoms with Gasteiger partial charge in [0, 0.05) is 25.5 Å². The minimum absolute atomic E-state index is 0.0215. The summed E-state index contributed by atoms with van der Waals surface area (Å²) in [5, 5.41) is 8.92. The molecule has 0 saturated carbocycles. The molecule has 0 bridgehead atoms. The van der Waals surface area contributed by atoms with Gasteiger partial charge in [0.05, 0.1) is 11.8 Å². The number of carboxylic acids is 1. The molecule has 1 saturated heterocycles. The second-order valence-corrected chi connectivity index (χ2v) is 4.62. The minimum Gasteiger partial charge on any atom is -0.481 e. The smallest absolute Gasteiger partial charge is 0.308 e. The number of aromatic nitrogens is 1. The molecule has 0 radical (unpaired) electrons. The molecule has 0 spiro atoms. The second-order valence-electron chi connectivity index (χ2n) is 4.62. The lowest BCUT2D eigenvalue weighted by Crippen LogP contribution is -2.33. The number of aliphatic carboxylic acids is 1. The summed E-state index contributed by atoms with van der Waals surface area (Å²) in [5.41, 5.74) is 0.862. The first-order chi connectivity index (χ1) is 8.59. The van der Waals surface area contributed by atoms with Gasteiger partial charge in [0.15, 0.2) is 0 Å². The van der Waals surface area contributed by atoms with Gasteiger partial charge in [-0.15, -0.1) is 0 Å². The van der Waals surface area contributed by atoms with E-state index in [0.717, 1.165) is 5.56 Å². The molecular weight excluding hydrogens is 232 g/mol. The van der Waals surface area contributed by atoms with Crippen LogP contribution in [-0.2, 0) is 9.59 Å². The average molecular weight is 248 g/mol. The molecular formula is C13H16N2O3. The van der Waals surface area contributed by atoms with Crippen molar-refractivity contribution < 1.29 is 14.7 Å². The molecule has 1 amide bonds. The number of likely N-dealkylation sites (tertiary alicyclic amines) is 1. The third kappa shape index (κ3) is 2.50. The number of carboxylic acid groups (broad SMARTS) is 1. The number of hydrogen-bond acceptors (Lipinski definition) is 3. The van der Waals surface area contributed by atoms with Crippen molar-refractivity contribution in [2.24, 2.45) is 5.92 Å². The molecule has 1 N–H and O–H groups in total. The lowest BCUT2D eigenvalue weighted by Gasteiger charge is -2.20. The fourth-order valence-corrected chi connectivity index (χ4v) is 2.21. The molecule has 1 aromatic heterocycles. The highest BCUT2D eigenvalue weighted by atomic mass is 16.4. The van der Waals surface area contributed by atoms with Crippen molar-refractivity contribution in [2.75, 3.05) is 13.1 Å². The summed E-state index contributed by atoms with van der Waals surface area (Å²) in [6, 6.07) is 3.66. The number of amides is 1. The Bertz CT molecular complexity index is 447. The van der Waals surface area contributed by atoms with E-state index in [1.807, 2.05) is 13.0 Å². The standard InChI is InChI=1S/C13H16N2O3/c1-9(10-3-2-5-14-7-10)12(16)15-6-4-11(8-15)13(17)18/h2-3,5,7,9,11H,4,6,8H2,1H3,(H,17,18)/t9-,11-/m1/s1. The third-order valence-corrected chi connectivity index (χ3v) is 3.40. The van der Waals surface area contributed by atoms with Crippen molar-refractivity contribution >= 4 is 11.9 Å². The summed E-state index contributed by atoms with van der Waals surface area (Å²) in [5.74, 6) is -1.53. The van der Waals surface area contributed by atoms with Gasteiger partial charge in [-0.1, -0.05) is 6.07 Å². The Labute approximate surface area is 105 Å². The van der Waals surface area contributed by atoms with Crippen molar-refractivity contribution in [3.8, 4) is 0 Å². The van der Waals surface area contributed by atoms with Gasteiger partial charge < -0.3 is 10.0 Å². The van der Waals surface area contributed by atoms with E-state index in [-0.39, 0.29) is 11.8 Å². The van der Waals surface area contributed by atoms with Crippen LogP contribution in [-0.4, -0.2) is 40.0 Å². The van der Waals surface area contributed by atoms with E-state index in [1.54, 1.807) is 23.4 Å². The molecule has 5 heteroatoms. The molecule has 0 unspecified atom stereocenters. The molecule has 2 atom stereocenters. The largest absolute Gasteiger partial charge is 0.481 e. The molecule has 18 heavy (non-hydrogen) atoms. The summed E-state index contributed by atoms with van der Waals surface area (Å²) >= 11 is 0. The van der Waals surface area contributed by atoms with Crippen LogP contribution in [0, 0.1) is 5.92 Å². The molecule has 1 aliphatic rings. The van der Waals surface area contributed by atoms with Crippen molar-refractivity contribution in [3.63, 3.8) is 0 Å². The highest BCUT2D eigenvalue weighted by Gasteiger charge is 2.32.